The molecule has 5 N–H and O–H groups in total. The number of rotatable bonds is 12. The van der Waals surface area contributed by atoms with Gasteiger partial charge >= 0.3 is 6.09 Å². The van der Waals surface area contributed by atoms with Crippen molar-refractivity contribution in [3.05, 3.63) is 59.7 Å². The van der Waals surface area contributed by atoms with Crippen LogP contribution in [-0.4, -0.2) is 91.1 Å². The third-order valence-corrected chi connectivity index (χ3v) is 9.67. The molecule has 0 bridgehead atoms. The highest BCUT2D eigenvalue weighted by atomic mass is 32.2. The van der Waals surface area contributed by atoms with Crippen molar-refractivity contribution < 1.29 is 37.6 Å². The van der Waals surface area contributed by atoms with Crippen LogP contribution in [0.4, 0.5) is 4.79 Å². The molecule has 5 atom stereocenters. The molecule has 3 heterocycles. The van der Waals surface area contributed by atoms with Gasteiger partial charge in [0.15, 0.2) is 12.2 Å². The summed E-state index contributed by atoms with van der Waals surface area (Å²) in [6.07, 6.45) is -0.971. The molecule has 13 heteroatoms. The number of sulfonamides is 1. The zero-order valence-electron chi connectivity index (χ0n) is 24.1. The van der Waals surface area contributed by atoms with E-state index in [9.17, 15) is 23.4 Å². The highest BCUT2D eigenvalue weighted by Crippen LogP contribution is 2.33. The van der Waals surface area contributed by atoms with Gasteiger partial charge in [-0.2, -0.15) is 4.31 Å². The van der Waals surface area contributed by atoms with Crippen LogP contribution in [0.3, 0.4) is 0 Å². The lowest BCUT2D eigenvalue weighted by atomic mass is 10.0. The van der Waals surface area contributed by atoms with Crippen LogP contribution >= 0.6 is 0 Å². The van der Waals surface area contributed by atoms with Crippen molar-refractivity contribution in [3.8, 4) is 5.88 Å². The first kappa shape index (κ1) is 31.0. The van der Waals surface area contributed by atoms with Crippen LogP contribution in [0.25, 0.3) is 10.9 Å². The first-order chi connectivity index (χ1) is 20.6. The largest absolute Gasteiger partial charge is 0.494 e. The first-order valence-corrected chi connectivity index (χ1v) is 15.8. The third-order valence-electron chi connectivity index (χ3n) is 7.84. The van der Waals surface area contributed by atoms with E-state index in [1.54, 1.807) is 0 Å². The molecule has 1 amide bonds. The second-order valence-corrected chi connectivity index (χ2v) is 13.4. The van der Waals surface area contributed by atoms with E-state index in [1.165, 1.54) is 22.5 Å². The minimum Gasteiger partial charge on any atom is -0.494 e. The smallest absolute Gasteiger partial charge is 0.407 e. The van der Waals surface area contributed by atoms with E-state index in [-0.39, 0.29) is 60.6 Å². The minimum absolute atomic E-state index is 0.0449. The minimum atomic E-state index is -4.13. The van der Waals surface area contributed by atoms with Crippen LogP contribution in [0.2, 0.25) is 0 Å². The fraction of sp³-hybridized carbons (Fsp3) is 0.467. The van der Waals surface area contributed by atoms with E-state index in [0.29, 0.717) is 17.5 Å². The standard InChI is InChI=1S/C30H38N4O8S/c1-18(2)15-34(43(38,39)20-8-9-24-22(13-20)23(14-31)28(36)32-24)16-26(35)25(12-19-6-4-3-5-7-19)33-30(37)42-27-17-41-29-21(27)10-11-40-29/h3-9,13-14,18,21,25-27,29,31-32,35-36H,10-12,15-17H2,1-2H3,(H,33,37). The van der Waals surface area contributed by atoms with E-state index in [1.807, 2.05) is 44.2 Å². The molecule has 1 aromatic heterocycles. The van der Waals surface area contributed by atoms with Crippen molar-refractivity contribution >= 4 is 33.2 Å². The number of aromatic nitrogens is 1. The number of amides is 1. The zero-order chi connectivity index (χ0) is 30.7. The van der Waals surface area contributed by atoms with Crippen molar-refractivity contribution in [1.82, 2.24) is 14.6 Å². The van der Waals surface area contributed by atoms with Gasteiger partial charge in [-0.25, -0.2) is 13.2 Å². The summed E-state index contributed by atoms with van der Waals surface area (Å²) in [7, 11) is -4.13. The summed E-state index contributed by atoms with van der Waals surface area (Å²) in [6.45, 7) is 4.31. The van der Waals surface area contributed by atoms with Gasteiger partial charge in [-0.1, -0.05) is 44.2 Å². The van der Waals surface area contributed by atoms with Gasteiger partial charge in [-0.05, 0) is 42.5 Å². The summed E-state index contributed by atoms with van der Waals surface area (Å²) in [5, 5.41) is 32.4. The Kier molecular flexibility index (Phi) is 9.37. The number of carbonyl (C=O) groups excluding carboxylic acids is 1. The summed E-state index contributed by atoms with van der Waals surface area (Å²) in [5.74, 6) is -0.355. The van der Waals surface area contributed by atoms with E-state index in [0.717, 1.165) is 18.2 Å². The number of nitrogens with zero attached hydrogens (tertiary/aromatic N) is 1. The van der Waals surface area contributed by atoms with E-state index >= 15 is 0 Å². The highest BCUT2D eigenvalue weighted by Gasteiger charge is 2.44. The molecule has 0 saturated carbocycles. The summed E-state index contributed by atoms with van der Waals surface area (Å²) in [6, 6.07) is 12.8. The van der Waals surface area contributed by atoms with Gasteiger partial charge in [0.1, 0.15) is 6.10 Å². The number of aliphatic hydroxyl groups excluding tert-OH is 1. The van der Waals surface area contributed by atoms with Gasteiger partial charge in [0.25, 0.3) is 0 Å². The van der Waals surface area contributed by atoms with Gasteiger partial charge in [-0.15, -0.1) is 0 Å². The lowest BCUT2D eigenvalue weighted by Crippen LogP contribution is -2.51. The molecule has 43 heavy (non-hydrogen) atoms. The van der Waals surface area contributed by atoms with Crippen LogP contribution in [0, 0.1) is 17.2 Å². The monoisotopic (exact) mass is 614 g/mol. The van der Waals surface area contributed by atoms with Crippen LogP contribution in [0.15, 0.2) is 53.4 Å². The number of aliphatic hydroxyl groups is 1. The summed E-state index contributed by atoms with van der Waals surface area (Å²) >= 11 is 0. The van der Waals surface area contributed by atoms with E-state index in [2.05, 4.69) is 10.3 Å². The Bertz CT molecular complexity index is 1540. The normalized spacial score (nSPS) is 21.7. The number of H-pyrrole nitrogens is 1. The Balaban J connectivity index is 1.37. The second kappa shape index (κ2) is 13.0. The molecular formula is C30H38N4O8S. The maximum atomic E-state index is 13.9. The van der Waals surface area contributed by atoms with Crippen LogP contribution in [0.1, 0.15) is 31.4 Å². The van der Waals surface area contributed by atoms with Crippen molar-refractivity contribution in [2.45, 2.75) is 56.1 Å². The van der Waals surface area contributed by atoms with Crippen LogP contribution < -0.4 is 5.32 Å². The van der Waals surface area contributed by atoms with Gasteiger partial charge in [0, 0.05) is 30.2 Å². The van der Waals surface area contributed by atoms with Crippen molar-refractivity contribution in [2.75, 3.05) is 26.3 Å². The fourth-order valence-corrected chi connectivity index (χ4v) is 7.32. The number of nitrogens with one attached hydrogen (secondary N) is 3. The van der Waals surface area contributed by atoms with Crippen molar-refractivity contribution in [1.29, 1.82) is 5.41 Å². The fourth-order valence-electron chi connectivity index (χ4n) is 5.67. The Hall–Kier alpha value is -3.49. The number of hydrogen-bond donors (Lipinski definition) is 5. The van der Waals surface area contributed by atoms with E-state index < -0.39 is 34.4 Å². The van der Waals surface area contributed by atoms with E-state index in [4.69, 9.17) is 19.6 Å². The average molecular weight is 615 g/mol. The van der Waals surface area contributed by atoms with Gasteiger partial charge in [-0.3, -0.25) is 0 Å². The highest BCUT2D eigenvalue weighted by molar-refractivity contribution is 7.89. The number of ether oxygens (including phenoxy) is 3. The molecule has 2 saturated heterocycles. The predicted molar refractivity (Wildman–Crippen MR) is 159 cm³/mol. The summed E-state index contributed by atoms with van der Waals surface area (Å²) in [4.78, 5) is 15.7. The van der Waals surface area contributed by atoms with Crippen molar-refractivity contribution in [2.24, 2.45) is 11.8 Å². The van der Waals surface area contributed by atoms with Crippen LogP contribution in [0.5, 0.6) is 5.88 Å². The third kappa shape index (κ3) is 6.86. The summed E-state index contributed by atoms with van der Waals surface area (Å²) < 4.78 is 45.8. The van der Waals surface area contributed by atoms with Gasteiger partial charge in [0.05, 0.1) is 41.7 Å². The zero-order valence-corrected chi connectivity index (χ0v) is 24.9. The molecule has 2 aliphatic rings. The number of hydrogen-bond acceptors (Lipinski definition) is 9. The topological polar surface area (TPSA) is 174 Å². The number of aromatic amines is 1. The molecule has 0 radical (unpaired) electrons. The molecule has 232 valence electrons. The molecule has 2 aliphatic heterocycles. The SMILES string of the molecule is CC(C)CN(CC(O)C(Cc1ccccc1)NC(=O)OC1COC2OCCC12)S(=O)(=O)c1ccc2[nH]c(O)c(C=N)c2c1. The molecule has 2 aromatic carbocycles. The second-order valence-electron chi connectivity index (χ2n) is 11.4. The molecule has 0 spiro atoms. The van der Waals surface area contributed by atoms with Gasteiger partial charge in [0.2, 0.25) is 10.0 Å². The number of alkyl carbamates (subject to hydrolysis) is 1. The summed E-state index contributed by atoms with van der Waals surface area (Å²) in [5.41, 5.74) is 1.51. The number of carbonyl (C=O) groups is 1. The Morgan fingerprint density at radius 1 is 1.21 bits per heavy atom. The number of fused-ring (bicyclic) bond motifs is 2. The lowest BCUT2D eigenvalue weighted by molar-refractivity contribution is -0.0907. The molecule has 5 unspecified atom stereocenters. The maximum Gasteiger partial charge on any atom is 0.407 e. The molecule has 5 rings (SSSR count). The number of aromatic hydroxyl groups is 1. The molecule has 12 nitrogen and oxygen atoms in total. The lowest BCUT2D eigenvalue weighted by Gasteiger charge is -2.31. The Morgan fingerprint density at radius 3 is 2.70 bits per heavy atom. The first-order valence-electron chi connectivity index (χ1n) is 14.3. The molecule has 3 aromatic rings. The average Bonchev–Trinajstić information content (AvgIpc) is 3.67. The molecule has 0 aliphatic carbocycles. The Labute approximate surface area is 250 Å². The van der Waals surface area contributed by atoms with Crippen molar-refractivity contribution in [3.63, 3.8) is 0 Å². The maximum absolute atomic E-state index is 13.9. The predicted octanol–water partition coefficient (Wildman–Crippen LogP) is 2.98. The molecule has 2 fully saturated rings. The Morgan fingerprint density at radius 2 is 1.98 bits per heavy atom. The quantitative estimate of drug-likeness (QED) is 0.194. The number of benzene rings is 2. The van der Waals surface area contributed by atoms with Gasteiger partial charge < -0.3 is 40.1 Å². The van der Waals surface area contributed by atoms with Crippen LogP contribution in [-0.2, 0) is 30.7 Å². The molecular weight excluding hydrogens is 576 g/mol.